The molecule has 7 nitrogen and oxygen atoms in total. The van der Waals surface area contributed by atoms with Crippen LogP contribution in [0.25, 0.3) is 22.3 Å². The monoisotopic (exact) mass is 302 g/mol. The molecule has 0 radical (unpaired) electrons. The highest BCUT2D eigenvalue weighted by Gasteiger charge is 2.19. The molecule has 1 aromatic heterocycles. The molecule has 7 heteroatoms. The fraction of sp³-hybridized carbons (Fsp3) is 0. The minimum absolute atomic E-state index is 0.0184. The molecule has 22 heavy (non-hydrogen) atoms. The molecule has 2 aromatic carbocycles. The molecule has 3 aromatic rings. The van der Waals surface area contributed by atoms with Gasteiger partial charge in [-0.15, -0.1) is 0 Å². The van der Waals surface area contributed by atoms with Crippen molar-refractivity contribution in [2.45, 2.75) is 0 Å². The molecule has 3 rings (SSSR count). The van der Waals surface area contributed by atoms with Gasteiger partial charge in [0.05, 0.1) is 0 Å². The smallest absolute Gasteiger partial charge is 0.238 e. The van der Waals surface area contributed by atoms with Crippen molar-refractivity contribution in [2.24, 2.45) is 0 Å². The Labute approximate surface area is 122 Å². The minimum atomic E-state index is -0.860. The van der Waals surface area contributed by atoms with Crippen LogP contribution in [0, 0.1) is 0 Å². The molecule has 0 aliphatic rings. The fourth-order valence-corrected chi connectivity index (χ4v) is 2.14. The van der Waals surface area contributed by atoms with Crippen LogP contribution in [0.1, 0.15) is 0 Å². The van der Waals surface area contributed by atoms with Crippen LogP contribution in [0.15, 0.2) is 39.5 Å². The molecule has 0 aliphatic heterocycles. The molecule has 1 heterocycles. The molecule has 0 amide bonds. The summed E-state index contributed by atoms with van der Waals surface area (Å²) >= 11 is 0. The summed E-state index contributed by atoms with van der Waals surface area (Å²) in [6.45, 7) is 0. The first kappa shape index (κ1) is 13.6. The summed E-state index contributed by atoms with van der Waals surface area (Å²) in [6, 6.07) is 6.17. The van der Waals surface area contributed by atoms with E-state index in [2.05, 4.69) is 0 Å². The zero-order chi connectivity index (χ0) is 16.0. The second-order valence-corrected chi connectivity index (χ2v) is 4.62. The van der Waals surface area contributed by atoms with Crippen molar-refractivity contribution in [3.8, 4) is 40.1 Å². The van der Waals surface area contributed by atoms with E-state index in [1.54, 1.807) is 0 Å². The van der Waals surface area contributed by atoms with E-state index < -0.39 is 28.4 Å². The number of fused-ring (bicyclic) bond motifs is 1. The van der Waals surface area contributed by atoms with Crippen LogP contribution < -0.4 is 5.43 Å². The minimum Gasteiger partial charge on any atom is -0.507 e. The van der Waals surface area contributed by atoms with E-state index in [4.69, 9.17) is 4.42 Å². The summed E-state index contributed by atoms with van der Waals surface area (Å²) in [5, 5.41) is 47.8. The van der Waals surface area contributed by atoms with Gasteiger partial charge >= 0.3 is 0 Å². The predicted molar refractivity (Wildman–Crippen MR) is 76.2 cm³/mol. The Bertz CT molecular complexity index is 933. The van der Waals surface area contributed by atoms with Crippen LogP contribution in [-0.4, -0.2) is 25.5 Å². The Morgan fingerprint density at radius 2 is 1.45 bits per heavy atom. The van der Waals surface area contributed by atoms with Gasteiger partial charge in [0.2, 0.25) is 11.2 Å². The van der Waals surface area contributed by atoms with Crippen LogP contribution >= 0.6 is 0 Å². The number of phenolic OH excluding ortho intramolecular Hbond substituents is 4. The first-order valence-corrected chi connectivity index (χ1v) is 6.13. The number of hydrogen-bond acceptors (Lipinski definition) is 7. The second kappa shape index (κ2) is 4.59. The number of phenols is 4. The molecule has 0 unspecified atom stereocenters. The van der Waals surface area contributed by atoms with Gasteiger partial charge in [0.25, 0.3) is 0 Å². The fourth-order valence-electron chi connectivity index (χ4n) is 2.14. The Hall–Kier alpha value is -3.35. The highest BCUT2D eigenvalue weighted by Crippen LogP contribution is 2.41. The second-order valence-electron chi connectivity index (χ2n) is 4.62. The lowest BCUT2D eigenvalue weighted by Crippen LogP contribution is -2.02. The van der Waals surface area contributed by atoms with Gasteiger partial charge in [0.15, 0.2) is 23.0 Å². The Kier molecular flexibility index (Phi) is 2.84. The van der Waals surface area contributed by atoms with Crippen LogP contribution in [0.2, 0.25) is 0 Å². The van der Waals surface area contributed by atoms with Gasteiger partial charge in [-0.05, 0) is 24.3 Å². The highest BCUT2D eigenvalue weighted by atomic mass is 16.4. The average Bonchev–Trinajstić information content (AvgIpc) is 2.48. The summed E-state index contributed by atoms with van der Waals surface area (Å²) < 4.78 is 5.38. The van der Waals surface area contributed by atoms with E-state index in [9.17, 15) is 30.3 Å². The maximum absolute atomic E-state index is 12.1. The third-order valence-electron chi connectivity index (χ3n) is 3.21. The van der Waals surface area contributed by atoms with Crippen LogP contribution in [0.3, 0.4) is 0 Å². The van der Waals surface area contributed by atoms with Crippen molar-refractivity contribution in [3.05, 3.63) is 40.6 Å². The third-order valence-corrected chi connectivity index (χ3v) is 3.21. The van der Waals surface area contributed by atoms with Crippen molar-refractivity contribution in [3.63, 3.8) is 0 Å². The third kappa shape index (κ3) is 1.87. The normalized spacial score (nSPS) is 10.9. The van der Waals surface area contributed by atoms with Crippen molar-refractivity contribution < 1.29 is 29.9 Å². The molecular formula is C15H10O7. The van der Waals surface area contributed by atoms with Crippen LogP contribution in [0.4, 0.5) is 0 Å². The predicted octanol–water partition coefficient (Wildman–Crippen LogP) is 1.99. The Balaban J connectivity index is 2.38. The molecule has 0 bridgehead atoms. The summed E-state index contributed by atoms with van der Waals surface area (Å²) in [4.78, 5) is 12.1. The molecule has 0 saturated heterocycles. The van der Waals surface area contributed by atoms with Crippen molar-refractivity contribution >= 4 is 11.0 Å². The number of hydrogen-bond donors (Lipinski definition) is 5. The standard InChI is InChI=1S/C15H10O7/c16-7-2-1-3-10-11(7)13(20)14(21)15(22-10)6-4-8(17)12(19)9(18)5-6/h1-5,16-19,21H. The first-order valence-electron chi connectivity index (χ1n) is 6.13. The Morgan fingerprint density at radius 3 is 2.09 bits per heavy atom. The maximum Gasteiger partial charge on any atom is 0.238 e. The van der Waals surface area contributed by atoms with E-state index in [0.29, 0.717) is 0 Å². The van der Waals surface area contributed by atoms with Gasteiger partial charge in [-0.3, -0.25) is 4.79 Å². The van der Waals surface area contributed by atoms with E-state index in [-0.39, 0.29) is 28.0 Å². The molecule has 0 aliphatic carbocycles. The molecule has 112 valence electrons. The van der Waals surface area contributed by atoms with Crippen molar-refractivity contribution in [2.75, 3.05) is 0 Å². The summed E-state index contributed by atoms with van der Waals surface area (Å²) in [5.74, 6) is -3.47. The molecule has 0 spiro atoms. The van der Waals surface area contributed by atoms with Crippen LogP contribution in [0.5, 0.6) is 28.7 Å². The van der Waals surface area contributed by atoms with E-state index >= 15 is 0 Å². The average molecular weight is 302 g/mol. The van der Waals surface area contributed by atoms with Crippen LogP contribution in [-0.2, 0) is 0 Å². The molecule has 0 fully saturated rings. The number of aromatic hydroxyl groups is 5. The number of benzene rings is 2. The first-order chi connectivity index (χ1) is 10.4. The van der Waals surface area contributed by atoms with Gasteiger partial charge in [-0.2, -0.15) is 0 Å². The topological polar surface area (TPSA) is 131 Å². The van der Waals surface area contributed by atoms with Gasteiger partial charge in [-0.25, -0.2) is 0 Å². The van der Waals surface area contributed by atoms with Crippen molar-refractivity contribution in [1.29, 1.82) is 0 Å². The summed E-state index contributed by atoms with van der Waals surface area (Å²) in [6.07, 6.45) is 0. The molecule has 0 atom stereocenters. The SMILES string of the molecule is O=c1c(O)c(-c2cc(O)c(O)c(O)c2)oc2cccc(O)c12. The van der Waals surface area contributed by atoms with E-state index in [1.165, 1.54) is 18.2 Å². The zero-order valence-electron chi connectivity index (χ0n) is 10.9. The maximum atomic E-state index is 12.1. The van der Waals surface area contributed by atoms with Gasteiger partial charge in [0.1, 0.15) is 16.7 Å². The molecule has 5 N–H and O–H groups in total. The summed E-state index contributed by atoms with van der Waals surface area (Å²) in [5.41, 5.74) is -0.862. The lowest BCUT2D eigenvalue weighted by atomic mass is 10.1. The quantitative estimate of drug-likeness (QED) is 0.434. The Morgan fingerprint density at radius 1 is 0.818 bits per heavy atom. The largest absolute Gasteiger partial charge is 0.507 e. The van der Waals surface area contributed by atoms with Gasteiger partial charge in [-0.1, -0.05) is 6.07 Å². The molecular weight excluding hydrogens is 292 g/mol. The molecule has 0 saturated carbocycles. The summed E-state index contributed by atoms with van der Waals surface area (Å²) in [7, 11) is 0. The lowest BCUT2D eigenvalue weighted by Gasteiger charge is -2.08. The lowest BCUT2D eigenvalue weighted by molar-refractivity contribution is 0.368. The van der Waals surface area contributed by atoms with E-state index in [0.717, 1.165) is 12.1 Å². The van der Waals surface area contributed by atoms with Gasteiger partial charge < -0.3 is 29.9 Å². The van der Waals surface area contributed by atoms with E-state index in [1.807, 2.05) is 0 Å². The van der Waals surface area contributed by atoms with Gasteiger partial charge in [0, 0.05) is 5.56 Å². The highest BCUT2D eigenvalue weighted by molar-refractivity contribution is 5.87. The zero-order valence-corrected chi connectivity index (χ0v) is 10.9. The number of rotatable bonds is 1. The van der Waals surface area contributed by atoms with Crippen molar-refractivity contribution in [1.82, 2.24) is 0 Å².